The first-order valence-electron chi connectivity index (χ1n) is 6.43. The summed E-state index contributed by atoms with van der Waals surface area (Å²) in [6.07, 6.45) is 1.07. The summed E-state index contributed by atoms with van der Waals surface area (Å²) in [7, 11) is 0. The number of halogens is 1. The van der Waals surface area contributed by atoms with Crippen LogP contribution in [-0.4, -0.2) is 35.2 Å². The summed E-state index contributed by atoms with van der Waals surface area (Å²) in [4.78, 5) is 7.17. The van der Waals surface area contributed by atoms with E-state index in [1.54, 1.807) is 11.3 Å². The van der Waals surface area contributed by atoms with Gasteiger partial charge in [0.05, 0.1) is 30.8 Å². The van der Waals surface area contributed by atoms with Crippen LogP contribution in [0.15, 0.2) is 5.38 Å². The highest BCUT2D eigenvalue weighted by molar-refractivity contribution is 7.09. The first-order chi connectivity index (χ1) is 8.58. The molecule has 1 unspecified atom stereocenters. The SMILES string of the molecule is CCC(c1nc(CCl)cs1)N1CCOCC1(C)C. The summed E-state index contributed by atoms with van der Waals surface area (Å²) >= 11 is 7.56. The minimum absolute atomic E-state index is 0.0751. The number of hydrogen-bond donors (Lipinski definition) is 0. The van der Waals surface area contributed by atoms with Crippen molar-refractivity contribution in [2.24, 2.45) is 0 Å². The van der Waals surface area contributed by atoms with Crippen LogP contribution in [0.1, 0.15) is 43.9 Å². The van der Waals surface area contributed by atoms with Gasteiger partial charge in [-0.1, -0.05) is 6.92 Å². The monoisotopic (exact) mass is 288 g/mol. The highest BCUT2D eigenvalue weighted by Crippen LogP contribution is 2.34. The number of alkyl halides is 1. The first kappa shape index (κ1) is 14.3. The molecule has 5 heteroatoms. The number of rotatable bonds is 4. The van der Waals surface area contributed by atoms with Crippen LogP contribution in [0.4, 0.5) is 0 Å². The van der Waals surface area contributed by atoms with E-state index in [-0.39, 0.29) is 5.54 Å². The van der Waals surface area contributed by atoms with Crippen LogP contribution >= 0.6 is 22.9 Å². The molecule has 0 bridgehead atoms. The first-order valence-corrected chi connectivity index (χ1v) is 7.84. The van der Waals surface area contributed by atoms with E-state index in [0.717, 1.165) is 31.9 Å². The Hall–Kier alpha value is -0.160. The maximum atomic E-state index is 5.84. The highest BCUT2D eigenvalue weighted by atomic mass is 35.5. The van der Waals surface area contributed by atoms with E-state index in [2.05, 4.69) is 36.0 Å². The van der Waals surface area contributed by atoms with Gasteiger partial charge >= 0.3 is 0 Å². The van der Waals surface area contributed by atoms with Gasteiger partial charge < -0.3 is 4.74 Å². The van der Waals surface area contributed by atoms with Gasteiger partial charge in [-0.15, -0.1) is 22.9 Å². The number of nitrogens with zero attached hydrogens (tertiary/aromatic N) is 2. The van der Waals surface area contributed by atoms with Crippen molar-refractivity contribution in [1.29, 1.82) is 0 Å². The van der Waals surface area contributed by atoms with Crippen LogP contribution in [0.2, 0.25) is 0 Å². The molecule has 0 saturated carbocycles. The van der Waals surface area contributed by atoms with E-state index in [1.165, 1.54) is 5.01 Å². The molecule has 1 atom stereocenters. The fourth-order valence-electron chi connectivity index (χ4n) is 2.51. The van der Waals surface area contributed by atoms with E-state index in [4.69, 9.17) is 16.3 Å². The minimum atomic E-state index is 0.0751. The average Bonchev–Trinajstić information content (AvgIpc) is 2.80. The second kappa shape index (κ2) is 5.87. The van der Waals surface area contributed by atoms with Crippen LogP contribution < -0.4 is 0 Å². The molecule has 0 spiro atoms. The zero-order valence-electron chi connectivity index (χ0n) is 11.3. The van der Waals surface area contributed by atoms with Gasteiger partial charge in [-0.25, -0.2) is 4.98 Å². The quantitative estimate of drug-likeness (QED) is 0.794. The summed E-state index contributed by atoms with van der Waals surface area (Å²) in [6, 6.07) is 0.380. The van der Waals surface area contributed by atoms with Gasteiger partial charge in [-0.2, -0.15) is 0 Å². The minimum Gasteiger partial charge on any atom is -0.378 e. The lowest BCUT2D eigenvalue weighted by Gasteiger charge is -2.45. The third-order valence-electron chi connectivity index (χ3n) is 3.46. The molecule has 18 heavy (non-hydrogen) atoms. The van der Waals surface area contributed by atoms with Gasteiger partial charge in [0, 0.05) is 17.5 Å². The van der Waals surface area contributed by atoms with E-state index in [9.17, 15) is 0 Å². The Morgan fingerprint density at radius 2 is 2.39 bits per heavy atom. The zero-order valence-corrected chi connectivity index (χ0v) is 12.9. The van der Waals surface area contributed by atoms with Gasteiger partial charge in [0.1, 0.15) is 5.01 Å². The van der Waals surface area contributed by atoms with Crippen molar-refractivity contribution in [1.82, 2.24) is 9.88 Å². The van der Waals surface area contributed by atoms with Crippen LogP contribution in [0.25, 0.3) is 0 Å². The van der Waals surface area contributed by atoms with Crippen molar-refractivity contribution in [2.45, 2.75) is 44.7 Å². The van der Waals surface area contributed by atoms with Crippen molar-refractivity contribution in [2.75, 3.05) is 19.8 Å². The molecule has 1 aliphatic rings. The molecule has 0 amide bonds. The van der Waals surface area contributed by atoms with Gasteiger partial charge in [0.2, 0.25) is 0 Å². The zero-order chi connectivity index (χ0) is 13.2. The summed E-state index contributed by atoms with van der Waals surface area (Å²) in [5.41, 5.74) is 1.06. The summed E-state index contributed by atoms with van der Waals surface area (Å²) in [5.74, 6) is 0.499. The predicted octanol–water partition coefficient (Wildman–Crippen LogP) is 3.44. The Labute approximate surface area is 118 Å². The molecule has 0 N–H and O–H groups in total. The molecule has 1 fully saturated rings. The largest absolute Gasteiger partial charge is 0.378 e. The van der Waals surface area contributed by atoms with Crippen molar-refractivity contribution in [3.05, 3.63) is 16.1 Å². The molecule has 0 aliphatic carbocycles. The topological polar surface area (TPSA) is 25.4 Å². The van der Waals surface area contributed by atoms with E-state index >= 15 is 0 Å². The molecule has 3 nitrogen and oxygen atoms in total. The van der Waals surface area contributed by atoms with Crippen molar-refractivity contribution >= 4 is 22.9 Å². The lowest BCUT2D eigenvalue weighted by molar-refractivity contribution is -0.0737. The van der Waals surface area contributed by atoms with Crippen LogP contribution in [0.5, 0.6) is 0 Å². The van der Waals surface area contributed by atoms with Gasteiger partial charge in [0.25, 0.3) is 0 Å². The smallest absolute Gasteiger partial charge is 0.110 e. The van der Waals surface area contributed by atoms with Crippen molar-refractivity contribution in [3.63, 3.8) is 0 Å². The lowest BCUT2D eigenvalue weighted by atomic mass is 9.98. The molecular weight excluding hydrogens is 268 g/mol. The maximum absolute atomic E-state index is 5.84. The fraction of sp³-hybridized carbons (Fsp3) is 0.769. The standard InChI is InChI=1S/C13H21ClN2OS/c1-4-11(12-15-10(7-14)8-18-12)16-5-6-17-9-13(16,2)3/h8,11H,4-7,9H2,1-3H3. The number of ether oxygens (including phenoxy) is 1. The lowest BCUT2D eigenvalue weighted by Crippen LogP contribution is -2.54. The van der Waals surface area contributed by atoms with Crippen LogP contribution in [0.3, 0.4) is 0 Å². The maximum Gasteiger partial charge on any atom is 0.110 e. The van der Waals surface area contributed by atoms with Gasteiger partial charge in [-0.05, 0) is 20.3 Å². The molecule has 2 heterocycles. The third-order valence-corrected chi connectivity index (χ3v) is 4.73. The molecule has 0 radical (unpaired) electrons. The Balaban J connectivity index is 2.21. The Bertz CT molecular complexity index is 394. The van der Waals surface area contributed by atoms with Crippen LogP contribution in [0, 0.1) is 0 Å². The molecule has 1 aliphatic heterocycles. The van der Waals surface area contributed by atoms with Gasteiger partial charge in [0.15, 0.2) is 0 Å². The Kier molecular flexibility index (Phi) is 4.64. The summed E-state index contributed by atoms with van der Waals surface area (Å²) in [5, 5.41) is 3.25. The number of aromatic nitrogens is 1. The van der Waals surface area contributed by atoms with Gasteiger partial charge in [-0.3, -0.25) is 4.90 Å². The van der Waals surface area contributed by atoms with E-state index < -0.39 is 0 Å². The van der Waals surface area contributed by atoms with Crippen molar-refractivity contribution < 1.29 is 4.74 Å². The number of thiazole rings is 1. The second-order valence-electron chi connectivity index (χ2n) is 5.29. The second-order valence-corrected chi connectivity index (χ2v) is 6.45. The molecule has 1 aromatic rings. The summed E-state index contributed by atoms with van der Waals surface area (Å²) in [6.45, 7) is 9.28. The molecule has 1 saturated heterocycles. The normalized spacial score (nSPS) is 22.0. The van der Waals surface area contributed by atoms with Crippen LogP contribution in [-0.2, 0) is 10.6 Å². The molecular formula is C13H21ClN2OS. The average molecular weight is 289 g/mol. The number of morpholine rings is 1. The van der Waals surface area contributed by atoms with Crippen molar-refractivity contribution in [3.8, 4) is 0 Å². The Morgan fingerprint density at radius 3 is 2.94 bits per heavy atom. The third kappa shape index (κ3) is 2.87. The summed E-state index contributed by atoms with van der Waals surface area (Å²) < 4.78 is 5.59. The molecule has 2 rings (SSSR count). The fourth-order valence-corrected chi connectivity index (χ4v) is 3.76. The van der Waals surface area contributed by atoms with E-state index in [1.807, 2.05) is 0 Å². The highest BCUT2D eigenvalue weighted by Gasteiger charge is 2.36. The predicted molar refractivity (Wildman–Crippen MR) is 76.3 cm³/mol. The van der Waals surface area contributed by atoms with E-state index in [0.29, 0.717) is 11.9 Å². The molecule has 0 aromatic carbocycles. The Morgan fingerprint density at radius 1 is 1.61 bits per heavy atom. The number of hydrogen-bond acceptors (Lipinski definition) is 4. The molecule has 1 aromatic heterocycles. The molecule has 102 valence electrons.